The smallest absolute Gasteiger partial charge is 0.303 e. The van der Waals surface area contributed by atoms with Gasteiger partial charge in [-0.3, -0.25) is 4.79 Å². The maximum atomic E-state index is 15.0. The van der Waals surface area contributed by atoms with E-state index < -0.39 is 5.97 Å². The number of aryl methyl sites for hydroxylation is 1. The van der Waals surface area contributed by atoms with E-state index in [0.717, 1.165) is 29.5 Å². The van der Waals surface area contributed by atoms with E-state index in [-0.39, 0.29) is 12.2 Å². The number of ether oxygens (including phenoxy) is 2. The lowest BCUT2D eigenvalue weighted by Gasteiger charge is -2.24. The van der Waals surface area contributed by atoms with Crippen molar-refractivity contribution >= 4 is 5.97 Å². The fraction of sp³-hybridized carbons (Fsp3) is 0.441. The quantitative estimate of drug-likeness (QED) is 0.299. The van der Waals surface area contributed by atoms with Gasteiger partial charge in [-0.2, -0.15) is 0 Å². The lowest BCUT2D eigenvalue weighted by atomic mass is 9.81. The summed E-state index contributed by atoms with van der Waals surface area (Å²) in [6.07, 6.45) is 13.5. The summed E-state index contributed by atoms with van der Waals surface area (Å²) in [6.45, 7) is 0.392. The molecule has 39 heavy (non-hydrogen) atoms. The summed E-state index contributed by atoms with van der Waals surface area (Å²) in [4.78, 5) is 10.9. The van der Waals surface area contributed by atoms with Gasteiger partial charge in [0.2, 0.25) is 0 Å². The van der Waals surface area contributed by atoms with Gasteiger partial charge in [-0.05, 0) is 77.8 Å². The van der Waals surface area contributed by atoms with Crippen LogP contribution < -0.4 is 9.47 Å². The van der Waals surface area contributed by atoms with Crippen molar-refractivity contribution in [2.75, 3.05) is 7.11 Å². The van der Waals surface area contributed by atoms with Gasteiger partial charge in [0.1, 0.15) is 23.9 Å². The van der Waals surface area contributed by atoms with Crippen molar-refractivity contribution in [2.24, 2.45) is 0 Å². The van der Waals surface area contributed by atoms with Gasteiger partial charge in [0.05, 0.1) is 7.11 Å². The van der Waals surface area contributed by atoms with E-state index in [9.17, 15) is 9.18 Å². The van der Waals surface area contributed by atoms with Crippen LogP contribution in [0.3, 0.4) is 0 Å². The second-order valence-corrected chi connectivity index (χ2v) is 10.7. The number of hydrogen-bond donors (Lipinski definition) is 1. The molecule has 0 aromatic heterocycles. The van der Waals surface area contributed by atoms with Crippen molar-refractivity contribution in [3.8, 4) is 22.6 Å². The molecule has 0 radical (unpaired) electrons. The molecule has 2 fully saturated rings. The number of methoxy groups -OCH3 is 1. The third kappa shape index (κ3) is 9.12. The molecule has 2 saturated carbocycles. The van der Waals surface area contributed by atoms with Gasteiger partial charge in [-0.15, -0.1) is 0 Å². The first-order valence-electron chi connectivity index (χ1n) is 14.4. The van der Waals surface area contributed by atoms with Gasteiger partial charge in [0.25, 0.3) is 0 Å². The molecule has 3 aromatic carbocycles. The first-order valence-corrected chi connectivity index (χ1v) is 14.4. The van der Waals surface area contributed by atoms with Gasteiger partial charge in [0, 0.05) is 12.0 Å². The first-order chi connectivity index (χ1) is 19.0. The van der Waals surface area contributed by atoms with Crippen molar-refractivity contribution in [2.45, 2.75) is 89.6 Å². The van der Waals surface area contributed by atoms with Crippen molar-refractivity contribution in [1.82, 2.24) is 0 Å². The SMILES string of the molecule is C1CC1.COc1ccc(F)c(-c2ccc(COc3cccc(CCC(=O)O)c3)cc2C2CCCCCCC2)c1. The molecule has 0 heterocycles. The van der Waals surface area contributed by atoms with Crippen LogP contribution in [0.25, 0.3) is 11.1 Å². The van der Waals surface area contributed by atoms with Crippen LogP contribution >= 0.6 is 0 Å². The zero-order valence-corrected chi connectivity index (χ0v) is 23.1. The number of rotatable bonds is 9. The monoisotopic (exact) mass is 532 g/mol. The summed E-state index contributed by atoms with van der Waals surface area (Å²) < 4.78 is 26.5. The Bertz CT molecular complexity index is 1210. The zero-order valence-electron chi connectivity index (χ0n) is 23.1. The Labute approximate surface area is 232 Å². The molecule has 0 bridgehead atoms. The third-order valence-corrected chi connectivity index (χ3v) is 7.41. The summed E-state index contributed by atoms with van der Waals surface area (Å²) in [5.74, 6) is 0.685. The van der Waals surface area contributed by atoms with Gasteiger partial charge < -0.3 is 14.6 Å². The van der Waals surface area contributed by atoms with Gasteiger partial charge in [0.15, 0.2) is 0 Å². The van der Waals surface area contributed by atoms with Crippen LogP contribution in [0.4, 0.5) is 4.39 Å². The normalized spacial score (nSPS) is 15.3. The molecule has 2 aliphatic carbocycles. The Hall–Kier alpha value is -3.34. The van der Waals surface area contributed by atoms with Crippen LogP contribution in [0.5, 0.6) is 11.5 Å². The number of halogens is 1. The molecule has 208 valence electrons. The number of benzene rings is 3. The Morgan fingerprint density at radius 2 is 1.54 bits per heavy atom. The van der Waals surface area contributed by atoms with E-state index >= 15 is 0 Å². The molecule has 1 N–H and O–H groups in total. The second kappa shape index (κ2) is 14.7. The third-order valence-electron chi connectivity index (χ3n) is 7.41. The highest BCUT2D eigenvalue weighted by Crippen LogP contribution is 2.39. The van der Waals surface area contributed by atoms with Crippen LogP contribution in [0, 0.1) is 5.82 Å². The van der Waals surface area contributed by atoms with Crippen molar-refractivity contribution in [3.05, 3.63) is 83.2 Å². The number of carboxylic acids is 1. The minimum absolute atomic E-state index is 0.0937. The molecular formula is C34H41FO4. The number of carbonyl (C=O) groups is 1. The standard InChI is InChI=1S/C31H35FO4.C3H6/c1-35-25-14-16-30(32)29(20-25)27-15-12-23(19-28(27)24-9-5-3-2-4-6-10-24)21-36-26-11-7-8-22(18-26)13-17-31(33)34;1-2-3-1/h7-8,11-12,14-16,18-20,24H,2-6,9-10,13,17,21H2,1H3,(H,33,34);1-3H2. The summed E-state index contributed by atoms with van der Waals surface area (Å²) >= 11 is 0. The summed E-state index contributed by atoms with van der Waals surface area (Å²) in [6, 6.07) is 18.7. The molecular weight excluding hydrogens is 491 g/mol. The number of hydrogen-bond acceptors (Lipinski definition) is 3. The molecule has 0 unspecified atom stereocenters. The van der Waals surface area contributed by atoms with Crippen LogP contribution in [0.15, 0.2) is 60.7 Å². The van der Waals surface area contributed by atoms with E-state index in [4.69, 9.17) is 14.6 Å². The predicted octanol–water partition coefficient (Wildman–Crippen LogP) is 9.10. The fourth-order valence-electron chi connectivity index (χ4n) is 5.10. The van der Waals surface area contributed by atoms with Crippen molar-refractivity contribution in [1.29, 1.82) is 0 Å². The summed E-state index contributed by atoms with van der Waals surface area (Å²) in [5, 5.41) is 8.95. The molecule has 0 spiro atoms. The Kier molecular flexibility index (Phi) is 10.8. The number of carboxylic acid groups (broad SMARTS) is 1. The molecule has 2 aliphatic rings. The van der Waals surface area contributed by atoms with E-state index in [1.54, 1.807) is 19.2 Å². The van der Waals surface area contributed by atoms with E-state index in [1.165, 1.54) is 63.0 Å². The van der Waals surface area contributed by atoms with Crippen LogP contribution in [-0.2, 0) is 17.8 Å². The van der Waals surface area contributed by atoms with E-state index in [2.05, 4.69) is 6.07 Å². The predicted molar refractivity (Wildman–Crippen MR) is 154 cm³/mol. The Morgan fingerprint density at radius 3 is 2.23 bits per heavy atom. The summed E-state index contributed by atoms with van der Waals surface area (Å²) in [5.41, 5.74) is 4.66. The van der Waals surface area contributed by atoms with Crippen LogP contribution in [-0.4, -0.2) is 18.2 Å². The molecule has 0 atom stereocenters. The summed E-state index contributed by atoms with van der Waals surface area (Å²) in [7, 11) is 1.60. The molecule has 3 aromatic rings. The van der Waals surface area contributed by atoms with Gasteiger partial charge in [-0.1, -0.05) is 81.7 Å². The highest BCUT2D eigenvalue weighted by atomic mass is 19.1. The lowest BCUT2D eigenvalue weighted by Crippen LogP contribution is -2.07. The average molecular weight is 533 g/mol. The molecule has 4 nitrogen and oxygen atoms in total. The van der Waals surface area contributed by atoms with E-state index in [0.29, 0.717) is 36.0 Å². The average Bonchev–Trinajstić information content (AvgIpc) is 3.81. The Balaban J connectivity index is 0.00000110. The molecule has 0 saturated heterocycles. The largest absolute Gasteiger partial charge is 0.497 e. The maximum Gasteiger partial charge on any atom is 0.303 e. The minimum Gasteiger partial charge on any atom is -0.497 e. The highest BCUT2D eigenvalue weighted by Gasteiger charge is 2.20. The van der Waals surface area contributed by atoms with Gasteiger partial charge >= 0.3 is 5.97 Å². The van der Waals surface area contributed by atoms with Crippen LogP contribution in [0.1, 0.15) is 93.2 Å². The molecule has 5 rings (SSSR count). The first kappa shape index (κ1) is 28.7. The van der Waals surface area contributed by atoms with E-state index in [1.807, 2.05) is 36.4 Å². The molecule has 0 amide bonds. The van der Waals surface area contributed by atoms with Crippen LogP contribution in [0.2, 0.25) is 0 Å². The maximum absolute atomic E-state index is 15.0. The molecule has 0 aliphatic heterocycles. The topological polar surface area (TPSA) is 55.8 Å². The molecule has 5 heteroatoms. The minimum atomic E-state index is -0.810. The zero-order chi connectivity index (χ0) is 27.5. The number of aliphatic carboxylic acids is 1. The van der Waals surface area contributed by atoms with Crippen molar-refractivity contribution in [3.63, 3.8) is 0 Å². The van der Waals surface area contributed by atoms with Crippen molar-refractivity contribution < 1.29 is 23.8 Å². The Morgan fingerprint density at radius 1 is 0.821 bits per heavy atom. The van der Waals surface area contributed by atoms with Gasteiger partial charge in [-0.25, -0.2) is 4.39 Å². The fourth-order valence-corrected chi connectivity index (χ4v) is 5.10. The second-order valence-electron chi connectivity index (χ2n) is 10.7. The lowest BCUT2D eigenvalue weighted by molar-refractivity contribution is -0.136. The highest BCUT2D eigenvalue weighted by molar-refractivity contribution is 5.71.